The number of piperidine rings is 1. The molecule has 0 unspecified atom stereocenters. The number of halogens is 1. The minimum Gasteiger partial charge on any atom is -0.490 e. The van der Waals surface area contributed by atoms with E-state index in [9.17, 15) is 4.79 Å². The first-order chi connectivity index (χ1) is 15.0. The van der Waals surface area contributed by atoms with Gasteiger partial charge >= 0.3 is 6.03 Å². The Labute approximate surface area is 186 Å². The van der Waals surface area contributed by atoms with E-state index >= 15 is 0 Å². The summed E-state index contributed by atoms with van der Waals surface area (Å²) >= 11 is 6.54. The number of imidazole rings is 1. The van der Waals surface area contributed by atoms with E-state index in [1.54, 1.807) is 11.1 Å². The van der Waals surface area contributed by atoms with Crippen molar-refractivity contribution in [3.63, 3.8) is 0 Å². The molecule has 0 atom stereocenters. The van der Waals surface area contributed by atoms with Gasteiger partial charge < -0.3 is 9.64 Å². The number of amides is 2. The zero-order valence-corrected chi connectivity index (χ0v) is 18.5. The van der Waals surface area contributed by atoms with Crippen molar-refractivity contribution >= 4 is 23.3 Å². The number of carbonyl (C=O) groups excluding carboxylic acids is 1. The number of carbonyl (C=O) groups is 1. The van der Waals surface area contributed by atoms with E-state index in [2.05, 4.69) is 10.5 Å². The number of ether oxygens (including phenoxy) is 1. The van der Waals surface area contributed by atoms with Crippen LogP contribution in [0.15, 0.2) is 48.8 Å². The third kappa shape index (κ3) is 5.11. The SMILES string of the molecule is CC(C)CONC(=O)N1CCC(Oc2ccc(-c3ccc4nccn4c3Cl)cc2)CC1. The predicted octanol–water partition coefficient (Wildman–Crippen LogP) is 4.80. The number of hydrogen-bond donors (Lipinski definition) is 1. The maximum atomic E-state index is 12.1. The highest BCUT2D eigenvalue weighted by atomic mass is 35.5. The maximum Gasteiger partial charge on any atom is 0.341 e. The normalized spacial score (nSPS) is 14.9. The first-order valence-electron chi connectivity index (χ1n) is 10.6. The van der Waals surface area contributed by atoms with Crippen LogP contribution in [0.1, 0.15) is 26.7 Å². The zero-order valence-electron chi connectivity index (χ0n) is 17.8. The lowest BCUT2D eigenvalue weighted by atomic mass is 10.1. The molecule has 1 fully saturated rings. The smallest absolute Gasteiger partial charge is 0.341 e. The fourth-order valence-electron chi connectivity index (χ4n) is 3.59. The lowest BCUT2D eigenvalue weighted by molar-refractivity contribution is 0.0256. The highest BCUT2D eigenvalue weighted by molar-refractivity contribution is 6.32. The van der Waals surface area contributed by atoms with Crippen molar-refractivity contribution in [2.24, 2.45) is 5.92 Å². The van der Waals surface area contributed by atoms with Crippen LogP contribution in [-0.2, 0) is 4.84 Å². The Bertz CT molecular complexity index is 1030. The number of aromatic nitrogens is 2. The van der Waals surface area contributed by atoms with Crippen LogP contribution in [0.25, 0.3) is 16.8 Å². The van der Waals surface area contributed by atoms with Gasteiger partial charge in [-0.05, 0) is 35.7 Å². The van der Waals surface area contributed by atoms with Gasteiger partial charge in [0, 0.05) is 43.9 Å². The van der Waals surface area contributed by atoms with Crippen molar-refractivity contribution in [2.75, 3.05) is 19.7 Å². The molecule has 31 heavy (non-hydrogen) atoms. The molecule has 2 amide bonds. The Hall–Kier alpha value is -2.77. The molecule has 8 heteroatoms. The fourth-order valence-corrected chi connectivity index (χ4v) is 3.91. The van der Waals surface area contributed by atoms with Gasteiger partial charge in [-0.1, -0.05) is 37.6 Å². The standard InChI is InChI=1S/C23H27ClN4O3/c1-16(2)15-30-26-23(29)27-12-9-19(10-13-27)31-18-5-3-17(4-6-18)20-7-8-21-25-11-14-28(21)22(20)24/h3-8,11,14,16,19H,9-10,12-13,15H2,1-2H3,(H,26,29). The molecule has 1 aliphatic rings. The lowest BCUT2D eigenvalue weighted by Crippen LogP contribution is -2.46. The van der Waals surface area contributed by atoms with Gasteiger partial charge in [-0.3, -0.25) is 9.24 Å². The van der Waals surface area contributed by atoms with Crippen molar-refractivity contribution in [2.45, 2.75) is 32.8 Å². The lowest BCUT2D eigenvalue weighted by Gasteiger charge is -2.32. The molecule has 3 aromatic rings. The van der Waals surface area contributed by atoms with E-state index in [1.165, 1.54) is 0 Å². The predicted molar refractivity (Wildman–Crippen MR) is 120 cm³/mol. The van der Waals surface area contributed by atoms with E-state index in [0.717, 1.165) is 35.4 Å². The second-order valence-corrected chi connectivity index (χ2v) is 8.49. The van der Waals surface area contributed by atoms with Gasteiger partial charge in [-0.25, -0.2) is 15.3 Å². The second-order valence-electron chi connectivity index (χ2n) is 8.13. The van der Waals surface area contributed by atoms with Crippen molar-refractivity contribution < 1.29 is 14.4 Å². The molecular weight excluding hydrogens is 416 g/mol. The molecule has 0 spiro atoms. The number of pyridine rings is 1. The number of hydroxylamine groups is 1. The molecule has 0 bridgehead atoms. The molecule has 0 aliphatic carbocycles. The maximum absolute atomic E-state index is 12.1. The Morgan fingerprint density at radius 2 is 1.94 bits per heavy atom. The minimum atomic E-state index is -0.185. The zero-order chi connectivity index (χ0) is 21.8. The quantitative estimate of drug-likeness (QED) is 0.440. The van der Waals surface area contributed by atoms with E-state index < -0.39 is 0 Å². The van der Waals surface area contributed by atoms with Crippen LogP contribution in [0, 0.1) is 5.92 Å². The van der Waals surface area contributed by atoms with Crippen LogP contribution >= 0.6 is 11.6 Å². The summed E-state index contributed by atoms with van der Waals surface area (Å²) in [6, 6.07) is 11.7. The first-order valence-corrected chi connectivity index (χ1v) is 10.9. The third-order valence-corrected chi connectivity index (χ3v) is 5.66. The largest absolute Gasteiger partial charge is 0.490 e. The van der Waals surface area contributed by atoms with Gasteiger partial charge in [-0.15, -0.1) is 0 Å². The number of nitrogens with one attached hydrogen (secondary N) is 1. The van der Waals surface area contributed by atoms with Crippen molar-refractivity contribution in [3.05, 3.63) is 53.9 Å². The molecule has 164 valence electrons. The van der Waals surface area contributed by atoms with Crippen LogP contribution in [0.3, 0.4) is 0 Å². The van der Waals surface area contributed by atoms with Gasteiger partial charge in [0.05, 0.1) is 6.61 Å². The number of rotatable bonds is 6. The average molecular weight is 443 g/mol. The Morgan fingerprint density at radius 1 is 1.19 bits per heavy atom. The minimum absolute atomic E-state index is 0.0809. The van der Waals surface area contributed by atoms with E-state index in [0.29, 0.717) is 30.8 Å². The number of likely N-dealkylation sites (tertiary alicyclic amines) is 1. The fraction of sp³-hybridized carbons (Fsp3) is 0.391. The Morgan fingerprint density at radius 3 is 2.65 bits per heavy atom. The number of nitrogens with zero attached hydrogens (tertiary/aromatic N) is 3. The summed E-state index contributed by atoms with van der Waals surface area (Å²) in [5, 5.41) is 0.631. The summed E-state index contributed by atoms with van der Waals surface area (Å²) < 4.78 is 8.00. The second kappa shape index (κ2) is 9.58. The summed E-state index contributed by atoms with van der Waals surface area (Å²) in [7, 11) is 0. The van der Waals surface area contributed by atoms with E-state index in [1.807, 2.05) is 60.8 Å². The van der Waals surface area contributed by atoms with Crippen LogP contribution in [0.5, 0.6) is 5.75 Å². The van der Waals surface area contributed by atoms with Crippen LogP contribution in [-0.4, -0.2) is 46.1 Å². The summed E-state index contributed by atoms with van der Waals surface area (Å²) in [5.74, 6) is 1.18. The summed E-state index contributed by atoms with van der Waals surface area (Å²) in [6.07, 6.45) is 5.22. The average Bonchev–Trinajstić information content (AvgIpc) is 3.25. The summed E-state index contributed by atoms with van der Waals surface area (Å²) in [4.78, 5) is 23.4. The molecule has 3 heterocycles. The molecule has 1 aromatic carbocycles. The first kappa shape index (κ1) is 21.5. The molecule has 4 rings (SSSR count). The van der Waals surface area contributed by atoms with Crippen molar-refractivity contribution in [1.82, 2.24) is 19.8 Å². The Balaban J connectivity index is 1.31. The highest BCUT2D eigenvalue weighted by Gasteiger charge is 2.24. The molecule has 0 saturated carbocycles. The monoisotopic (exact) mass is 442 g/mol. The molecule has 1 aliphatic heterocycles. The highest BCUT2D eigenvalue weighted by Crippen LogP contribution is 2.30. The van der Waals surface area contributed by atoms with Crippen molar-refractivity contribution in [3.8, 4) is 16.9 Å². The summed E-state index contributed by atoms with van der Waals surface area (Å²) in [5.41, 5.74) is 5.29. The van der Waals surface area contributed by atoms with E-state index in [-0.39, 0.29) is 12.1 Å². The number of hydrogen-bond acceptors (Lipinski definition) is 4. The van der Waals surface area contributed by atoms with Gasteiger partial charge in [0.15, 0.2) is 0 Å². The van der Waals surface area contributed by atoms with E-state index in [4.69, 9.17) is 21.2 Å². The number of fused-ring (bicyclic) bond motifs is 1. The Kier molecular flexibility index (Phi) is 6.63. The van der Waals surface area contributed by atoms with Crippen LogP contribution in [0.4, 0.5) is 4.79 Å². The van der Waals surface area contributed by atoms with Gasteiger partial charge in [0.2, 0.25) is 0 Å². The van der Waals surface area contributed by atoms with Crippen LogP contribution < -0.4 is 10.2 Å². The van der Waals surface area contributed by atoms with Gasteiger partial charge in [0.25, 0.3) is 0 Å². The van der Waals surface area contributed by atoms with Gasteiger partial charge in [-0.2, -0.15) is 0 Å². The number of urea groups is 1. The molecule has 2 aromatic heterocycles. The number of benzene rings is 1. The molecule has 1 N–H and O–H groups in total. The topological polar surface area (TPSA) is 68.1 Å². The summed E-state index contributed by atoms with van der Waals surface area (Å²) in [6.45, 7) is 5.85. The molecule has 1 saturated heterocycles. The third-order valence-electron chi connectivity index (χ3n) is 5.28. The van der Waals surface area contributed by atoms with Gasteiger partial charge in [0.1, 0.15) is 22.7 Å². The van der Waals surface area contributed by atoms with Crippen molar-refractivity contribution in [1.29, 1.82) is 0 Å². The molecule has 0 radical (unpaired) electrons. The molecular formula is C23H27ClN4O3. The van der Waals surface area contributed by atoms with Crippen LogP contribution in [0.2, 0.25) is 5.15 Å². The molecule has 7 nitrogen and oxygen atoms in total.